The highest BCUT2D eigenvalue weighted by atomic mass is 16.5. The number of rotatable bonds is 5. The maximum atomic E-state index is 9.22. The lowest BCUT2D eigenvalue weighted by molar-refractivity contribution is 0.0486. The van der Waals surface area contributed by atoms with Gasteiger partial charge in [0.1, 0.15) is 0 Å². The van der Waals surface area contributed by atoms with Crippen molar-refractivity contribution in [1.29, 1.82) is 0 Å². The van der Waals surface area contributed by atoms with Crippen LogP contribution in [0.1, 0.15) is 26.7 Å². The van der Waals surface area contributed by atoms with Gasteiger partial charge >= 0.3 is 0 Å². The highest BCUT2D eigenvalue weighted by Gasteiger charge is 2.26. The van der Waals surface area contributed by atoms with Crippen LogP contribution in [0.4, 0.5) is 5.82 Å². The minimum Gasteiger partial charge on any atom is -0.487 e. The Labute approximate surface area is 102 Å². The van der Waals surface area contributed by atoms with Crippen LogP contribution < -0.4 is 10.1 Å². The van der Waals surface area contributed by atoms with Crippen LogP contribution in [-0.4, -0.2) is 28.8 Å². The summed E-state index contributed by atoms with van der Waals surface area (Å²) in [4.78, 5) is 4.28. The minimum atomic E-state index is -0.100. The molecule has 0 unspecified atom stereocenters. The fourth-order valence-electron chi connectivity index (χ4n) is 1.98. The molecule has 4 heteroatoms. The van der Waals surface area contributed by atoms with Crippen molar-refractivity contribution in [2.24, 2.45) is 5.92 Å². The molecule has 1 fully saturated rings. The van der Waals surface area contributed by atoms with Crippen molar-refractivity contribution < 1.29 is 9.84 Å². The number of nitrogens with one attached hydrogen (secondary N) is 1. The first kappa shape index (κ1) is 12.2. The standard InChI is InChI=1S/C13H20N2O2/c1-9(2)17-12-4-3-5-14-13(12)15-8-10-6-11(16)7-10/h3-5,9-11,16H,6-8H2,1-2H3,(H,14,15). The maximum Gasteiger partial charge on any atom is 0.168 e. The first-order chi connectivity index (χ1) is 8.15. The van der Waals surface area contributed by atoms with Crippen molar-refractivity contribution in [3.63, 3.8) is 0 Å². The molecule has 0 aliphatic heterocycles. The molecule has 1 saturated carbocycles. The van der Waals surface area contributed by atoms with E-state index >= 15 is 0 Å². The van der Waals surface area contributed by atoms with Crippen molar-refractivity contribution in [2.45, 2.75) is 38.9 Å². The first-order valence-electron chi connectivity index (χ1n) is 6.18. The monoisotopic (exact) mass is 236 g/mol. The average Bonchev–Trinajstić information content (AvgIpc) is 2.24. The number of nitrogens with zero attached hydrogens (tertiary/aromatic N) is 1. The highest BCUT2D eigenvalue weighted by Crippen LogP contribution is 2.29. The van der Waals surface area contributed by atoms with Gasteiger partial charge in [-0.1, -0.05) is 0 Å². The fourth-order valence-corrected chi connectivity index (χ4v) is 1.98. The van der Waals surface area contributed by atoms with Gasteiger partial charge in [0.2, 0.25) is 0 Å². The lowest BCUT2D eigenvalue weighted by atomic mass is 9.82. The number of pyridine rings is 1. The van der Waals surface area contributed by atoms with Gasteiger partial charge in [-0.2, -0.15) is 0 Å². The molecular weight excluding hydrogens is 216 g/mol. The number of ether oxygens (including phenoxy) is 1. The van der Waals surface area contributed by atoms with Crippen LogP contribution in [0.25, 0.3) is 0 Å². The zero-order valence-electron chi connectivity index (χ0n) is 10.4. The lowest BCUT2D eigenvalue weighted by Gasteiger charge is -2.31. The van der Waals surface area contributed by atoms with E-state index < -0.39 is 0 Å². The van der Waals surface area contributed by atoms with Gasteiger partial charge in [-0.3, -0.25) is 0 Å². The zero-order chi connectivity index (χ0) is 12.3. The predicted octanol–water partition coefficient (Wildman–Crippen LogP) is 2.05. The Kier molecular flexibility index (Phi) is 3.84. The van der Waals surface area contributed by atoms with Crippen molar-refractivity contribution in [2.75, 3.05) is 11.9 Å². The van der Waals surface area contributed by atoms with E-state index in [0.717, 1.165) is 31.0 Å². The molecule has 0 atom stereocenters. The van der Waals surface area contributed by atoms with Crippen molar-refractivity contribution in [3.8, 4) is 5.75 Å². The van der Waals surface area contributed by atoms with E-state index in [-0.39, 0.29) is 12.2 Å². The summed E-state index contributed by atoms with van der Waals surface area (Å²) >= 11 is 0. The van der Waals surface area contributed by atoms with Gasteiger partial charge in [-0.05, 0) is 44.7 Å². The van der Waals surface area contributed by atoms with Crippen LogP contribution in [0.5, 0.6) is 5.75 Å². The van der Waals surface area contributed by atoms with Gasteiger partial charge in [0.05, 0.1) is 12.2 Å². The second-order valence-corrected chi connectivity index (χ2v) is 4.89. The van der Waals surface area contributed by atoms with Crippen molar-refractivity contribution in [1.82, 2.24) is 4.98 Å². The highest BCUT2D eigenvalue weighted by molar-refractivity contribution is 5.49. The fraction of sp³-hybridized carbons (Fsp3) is 0.615. The Hall–Kier alpha value is -1.29. The van der Waals surface area contributed by atoms with Crippen LogP contribution in [-0.2, 0) is 0 Å². The molecule has 1 aromatic rings. The molecule has 1 aromatic heterocycles. The summed E-state index contributed by atoms with van der Waals surface area (Å²) in [6.07, 6.45) is 3.58. The van der Waals surface area contributed by atoms with E-state index in [1.807, 2.05) is 26.0 Å². The molecule has 0 amide bonds. The van der Waals surface area contributed by atoms with Gasteiger partial charge in [0.25, 0.3) is 0 Å². The summed E-state index contributed by atoms with van der Waals surface area (Å²) < 4.78 is 5.68. The number of aliphatic hydroxyl groups excluding tert-OH is 1. The van der Waals surface area contributed by atoms with Gasteiger partial charge in [-0.15, -0.1) is 0 Å². The van der Waals surface area contributed by atoms with E-state index in [9.17, 15) is 5.11 Å². The normalized spacial score (nSPS) is 23.3. The van der Waals surface area contributed by atoms with Crippen molar-refractivity contribution >= 4 is 5.82 Å². The molecule has 0 aromatic carbocycles. The van der Waals surface area contributed by atoms with E-state index in [0.29, 0.717) is 5.92 Å². The molecule has 94 valence electrons. The molecule has 0 saturated heterocycles. The Morgan fingerprint density at radius 1 is 1.53 bits per heavy atom. The van der Waals surface area contributed by atoms with E-state index in [1.54, 1.807) is 6.20 Å². The first-order valence-corrected chi connectivity index (χ1v) is 6.18. The second kappa shape index (κ2) is 5.36. The van der Waals surface area contributed by atoms with Gasteiger partial charge in [-0.25, -0.2) is 4.98 Å². The summed E-state index contributed by atoms with van der Waals surface area (Å²) in [5.74, 6) is 2.14. The number of hydrogen-bond acceptors (Lipinski definition) is 4. The lowest BCUT2D eigenvalue weighted by Crippen LogP contribution is -2.33. The summed E-state index contributed by atoms with van der Waals surface area (Å²) in [6, 6.07) is 3.79. The van der Waals surface area contributed by atoms with Gasteiger partial charge in [0.15, 0.2) is 11.6 Å². The third-order valence-corrected chi connectivity index (χ3v) is 2.90. The minimum absolute atomic E-state index is 0.100. The Morgan fingerprint density at radius 2 is 2.29 bits per heavy atom. The molecule has 2 rings (SSSR count). The molecule has 0 bridgehead atoms. The number of hydrogen-bond donors (Lipinski definition) is 2. The number of aromatic nitrogens is 1. The van der Waals surface area contributed by atoms with E-state index in [2.05, 4.69) is 10.3 Å². The summed E-state index contributed by atoms with van der Waals surface area (Å²) in [5.41, 5.74) is 0. The van der Waals surface area contributed by atoms with Crippen LogP contribution in [0.15, 0.2) is 18.3 Å². The molecule has 1 aliphatic carbocycles. The number of anilines is 1. The molecule has 4 nitrogen and oxygen atoms in total. The van der Waals surface area contributed by atoms with Gasteiger partial charge < -0.3 is 15.2 Å². The molecule has 2 N–H and O–H groups in total. The van der Waals surface area contributed by atoms with Gasteiger partial charge in [0, 0.05) is 12.7 Å². The summed E-state index contributed by atoms with van der Waals surface area (Å²) in [7, 11) is 0. The van der Waals surface area contributed by atoms with Crippen molar-refractivity contribution in [3.05, 3.63) is 18.3 Å². The molecule has 1 heterocycles. The number of aliphatic hydroxyl groups is 1. The molecular formula is C13H20N2O2. The third kappa shape index (κ3) is 3.33. The topological polar surface area (TPSA) is 54.4 Å². The largest absolute Gasteiger partial charge is 0.487 e. The molecule has 0 spiro atoms. The van der Waals surface area contributed by atoms with Crippen LogP contribution in [0.3, 0.4) is 0 Å². The summed E-state index contributed by atoms with van der Waals surface area (Å²) in [6.45, 7) is 4.85. The van der Waals surface area contributed by atoms with E-state index in [1.165, 1.54) is 0 Å². The van der Waals surface area contributed by atoms with Crippen LogP contribution in [0, 0.1) is 5.92 Å². The SMILES string of the molecule is CC(C)Oc1cccnc1NCC1CC(O)C1. The maximum absolute atomic E-state index is 9.22. The second-order valence-electron chi connectivity index (χ2n) is 4.89. The molecule has 0 radical (unpaired) electrons. The quantitative estimate of drug-likeness (QED) is 0.821. The zero-order valence-corrected chi connectivity index (χ0v) is 10.4. The Morgan fingerprint density at radius 3 is 2.94 bits per heavy atom. The predicted molar refractivity (Wildman–Crippen MR) is 67.2 cm³/mol. The Bertz CT molecular complexity index is 362. The average molecular weight is 236 g/mol. The third-order valence-electron chi connectivity index (χ3n) is 2.90. The smallest absolute Gasteiger partial charge is 0.168 e. The van der Waals surface area contributed by atoms with Crippen LogP contribution >= 0.6 is 0 Å². The van der Waals surface area contributed by atoms with E-state index in [4.69, 9.17) is 4.74 Å². The molecule has 17 heavy (non-hydrogen) atoms. The molecule has 1 aliphatic rings. The van der Waals surface area contributed by atoms with Crippen LogP contribution in [0.2, 0.25) is 0 Å². The summed E-state index contributed by atoms with van der Waals surface area (Å²) in [5, 5.41) is 12.5. The Balaban J connectivity index is 1.90.